The first-order chi connectivity index (χ1) is 11.3. The highest BCUT2D eigenvalue weighted by atomic mass is 16.5. The van der Waals surface area contributed by atoms with Gasteiger partial charge in [0.15, 0.2) is 11.6 Å². The number of hydrogen-bond donors (Lipinski definition) is 1. The van der Waals surface area contributed by atoms with Gasteiger partial charge >= 0.3 is 0 Å². The van der Waals surface area contributed by atoms with E-state index in [9.17, 15) is 0 Å². The van der Waals surface area contributed by atoms with Gasteiger partial charge in [0, 0.05) is 13.1 Å². The van der Waals surface area contributed by atoms with Crippen molar-refractivity contribution in [3.8, 4) is 11.5 Å². The van der Waals surface area contributed by atoms with Crippen LogP contribution < -0.4 is 14.8 Å². The molecule has 0 saturated carbocycles. The summed E-state index contributed by atoms with van der Waals surface area (Å²) in [5, 5.41) is 3.33. The molecule has 120 valence electrons. The Morgan fingerprint density at radius 3 is 2.52 bits per heavy atom. The zero-order valence-corrected chi connectivity index (χ0v) is 13.5. The molecule has 0 aliphatic heterocycles. The number of benzene rings is 1. The van der Waals surface area contributed by atoms with Crippen molar-refractivity contribution in [3.63, 3.8) is 0 Å². The van der Waals surface area contributed by atoms with Crippen molar-refractivity contribution in [2.75, 3.05) is 19.5 Å². The number of aryl methyl sites for hydroxylation is 1. The fourth-order valence-corrected chi connectivity index (χ4v) is 2.52. The van der Waals surface area contributed by atoms with Crippen molar-refractivity contribution in [2.45, 2.75) is 20.0 Å². The molecule has 2 aromatic heterocycles. The van der Waals surface area contributed by atoms with Gasteiger partial charge in [-0.3, -0.25) is 0 Å². The van der Waals surface area contributed by atoms with Crippen LogP contribution >= 0.6 is 0 Å². The van der Waals surface area contributed by atoms with Gasteiger partial charge in [0.25, 0.3) is 0 Å². The summed E-state index contributed by atoms with van der Waals surface area (Å²) in [5.74, 6) is 2.28. The summed E-state index contributed by atoms with van der Waals surface area (Å²) in [6.07, 6.45) is 3.57. The maximum absolute atomic E-state index is 5.58. The Labute approximate surface area is 135 Å². The van der Waals surface area contributed by atoms with E-state index in [1.54, 1.807) is 20.4 Å². The standard InChI is InChI=1S/C17H20N4O2/c1-4-21-11-20-14-10-19-17(16(23-3)15(14)21)18-9-12-5-7-13(22-2)8-6-12/h5-8,10-11H,4,9H2,1-3H3,(H,18,19). The van der Waals surface area contributed by atoms with E-state index in [-0.39, 0.29) is 0 Å². The predicted molar refractivity (Wildman–Crippen MR) is 90.1 cm³/mol. The van der Waals surface area contributed by atoms with E-state index in [4.69, 9.17) is 9.47 Å². The molecule has 1 N–H and O–H groups in total. The van der Waals surface area contributed by atoms with Crippen LogP contribution in [-0.2, 0) is 13.1 Å². The zero-order chi connectivity index (χ0) is 16.2. The molecular weight excluding hydrogens is 292 g/mol. The number of aromatic nitrogens is 3. The molecule has 1 aromatic carbocycles. The molecule has 3 rings (SSSR count). The van der Waals surface area contributed by atoms with Crippen LogP contribution in [0.15, 0.2) is 36.8 Å². The number of anilines is 1. The van der Waals surface area contributed by atoms with Crippen molar-refractivity contribution in [1.29, 1.82) is 0 Å². The van der Waals surface area contributed by atoms with Crippen molar-refractivity contribution >= 4 is 16.9 Å². The molecule has 0 saturated heterocycles. The van der Waals surface area contributed by atoms with E-state index in [0.717, 1.165) is 34.6 Å². The fourth-order valence-electron chi connectivity index (χ4n) is 2.52. The van der Waals surface area contributed by atoms with E-state index in [0.29, 0.717) is 12.4 Å². The van der Waals surface area contributed by atoms with E-state index < -0.39 is 0 Å². The highest BCUT2D eigenvalue weighted by Gasteiger charge is 2.14. The van der Waals surface area contributed by atoms with Crippen LogP contribution in [0.4, 0.5) is 5.82 Å². The highest BCUT2D eigenvalue weighted by Crippen LogP contribution is 2.31. The third-order valence-electron chi connectivity index (χ3n) is 3.78. The van der Waals surface area contributed by atoms with Crippen LogP contribution in [0.25, 0.3) is 11.0 Å². The monoisotopic (exact) mass is 312 g/mol. The molecular formula is C17H20N4O2. The lowest BCUT2D eigenvalue weighted by molar-refractivity contribution is 0.414. The van der Waals surface area contributed by atoms with Crippen molar-refractivity contribution < 1.29 is 9.47 Å². The van der Waals surface area contributed by atoms with Crippen molar-refractivity contribution in [1.82, 2.24) is 14.5 Å². The van der Waals surface area contributed by atoms with E-state index in [1.165, 1.54) is 0 Å². The van der Waals surface area contributed by atoms with Gasteiger partial charge in [-0.05, 0) is 24.6 Å². The third kappa shape index (κ3) is 2.92. The van der Waals surface area contributed by atoms with Gasteiger partial charge in [0.1, 0.15) is 16.8 Å². The van der Waals surface area contributed by atoms with Gasteiger partial charge in [0.2, 0.25) is 0 Å². The molecule has 0 fully saturated rings. The van der Waals surface area contributed by atoms with Gasteiger partial charge in [-0.25, -0.2) is 9.97 Å². The molecule has 0 unspecified atom stereocenters. The second kappa shape index (κ2) is 6.56. The van der Waals surface area contributed by atoms with E-state index in [1.807, 2.05) is 30.6 Å². The average molecular weight is 312 g/mol. The lowest BCUT2D eigenvalue weighted by atomic mass is 10.2. The van der Waals surface area contributed by atoms with Crippen molar-refractivity contribution in [3.05, 3.63) is 42.4 Å². The number of imidazole rings is 1. The van der Waals surface area contributed by atoms with Gasteiger partial charge in [0.05, 0.1) is 26.7 Å². The Morgan fingerprint density at radius 1 is 1.09 bits per heavy atom. The molecule has 3 aromatic rings. The zero-order valence-electron chi connectivity index (χ0n) is 13.5. The summed E-state index contributed by atoms with van der Waals surface area (Å²) < 4.78 is 12.8. The topological polar surface area (TPSA) is 61.2 Å². The summed E-state index contributed by atoms with van der Waals surface area (Å²) in [6.45, 7) is 3.55. The molecule has 0 aliphatic rings. The number of pyridine rings is 1. The Balaban J connectivity index is 1.86. The lowest BCUT2D eigenvalue weighted by Gasteiger charge is -2.12. The Kier molecular flexibility index (Phi) is 4.32. The number of rotatable bonds is 6. The quantitative estimate of drug-likeness (QED) is 0.758. The smallest absolute Gasteiger partial charge is 0.187 e. The molecule has 0 radical (unpaired) electrons. The van der Waals surface area contributed by atoms with Crippen LogP contribution in [0, 0.1) is 0 Å². The van der Waals surface area contributed by atoms with Gasteiger partial charge in [-0.15, -0.1) is 0 Å². The van der Waals surface area contributed by atoms with Crippen LogP contribution in [0.3, 0.4) is 0 Å². The molecule has 0 spiro atoms. The summed E-state index contributed by atoms with van der Waals surface area (Å²) in [4.78, 5) is 8.79. The average Bonchev–Trinajstić information content (AvgIpc) is 3.03. The Bertz CT molecular complexity index is 796. The maximum Gasteiger partial charge on any atom is 0.187 e. The van der Waals surface area contributed by atoms with Gasteiger partial charge in [-0.2, -0.15) is 0 Å². The molecule has 2 heterocycles. The number of hydrogen-bond acceptors (Lipinski definition) is 5. The largest absolute Gasteiger partial charge is 0.497 e. The molecule has 0 bridgehead atoms. The lowest BCUT2D eigenvalue weighted by Crippen LogP contribution is -2.05. The number of nitrogens with one attached hydrogen (secondary N) is 1. The normalized spacial score (nSPS) is 10.7. The summed E-state index contributed by atoms with van der Waals surface area (Å²) in [7, 11) is 3.32. The summed E-state index contributed by atoms with van der Waals surface area (Å²) in [5.41, 5.74) is 2.93. The van der Waals surface area contributed by atoms with Crippen LogP contribution in [-0.4, -0.2) is 28.8 Å². The molecule has 0 aliphatic carbocycles. The number of ether oxygens (including phenoxy) is 2. The summed E-state index contributed by atoms with van der Waals surface area (Å²) in [6, 6.07) is 7.92. The van der Waals surface area contributed by atoms with Crippen molar-refractivity contribution in [2.24, 2.45) is 0 Å². The Hall–Kier alpha value is -2.76. The van der Waals surface area contributed by atoms with E-state index in [2.05, 4.69) is 26.8 Å². The molecule has 0 amide bonds. The minimum atomic E-state index is 0.652. The molecule has 0 atom stereocenters. The van der Waals surface area contributed by atoms with Gasteiger partial charge in [-0.1, -0.05) is 12.1 Å². The predicted octanol–water partition coefficient (Wildman–Crippen LogP) is 3.08. The minimum Gasteiger partial charge on any atom is -0.497 e. The van der Waals surface area contributed by atoms with Gasteiger partial charge < -0.3 is 19.4 Å². The maximum atomic E-state index is 5.58. The molecule has 6 heteroatoms. The third-order valence-corrected chi connectivity index (χ3v) is 3.78. The van der Waals surface area contributed by atoms with Crippen LogP contribution in [0.5, 0.6) is 11.5 Å². The SMILES string of the molecule is CCn1cnc2cnc(NCc3ccc(OC)cc3)c(OC)c21. The molecule has 6 nitrogen and oxygen atoms in total. The molecule has 23 heavy (non-hydrogen) atoms. The first-order valence-electron chi connectivity index (χ1n) is 7.51. The van der Waals surface area contributed by atoms with E-state index >= 15 is 0 Å². The Morgan fingerprint density at radius 2 is 1.87 bits per heavy atom. The number of fused-ring (bicyclic) bond motifs is 1. The second-order valence-electron chi connectivity index (χ2n) is 5.11. The fraction of sp³-hybridized carbons (Fsp3) is 0.294. The number of nitrogens with zero attached hydrogens (tertiary/aromatic N) is 3. The second-order valence-corrected chi connectivity index (χ2v) is 5.11. The summed E-state index contributed by atoms with van der Waals surface area (Å²) >= 11 is 0. The van der Waals surface area contributed by atoms with Crippen LogP contribution in [0.2, 0.25) is 0 Å². The first kappa shape index (κ1) is 15.1. The number of methoxy groups -OCH3 is 2. The van der Waals surface area contributed by atoms with Crippen LogP contribution in [0.1, 0.15) is 12.5 Å². The minimum absolute atomic E-state index is 0.652. The highest BCUT2D eigenvalue weighted by molar-refractivity contribution is 5.86. The first-order valence-corrected chi connectivity index (χ1v) is 7.51.